The molecule has 0 bridgehead atoms. The second-order valence-electron chi connectivity index (χ2n) is 2.78. The van der Waals surface area contributed by atoms with E-state index >= 15 is 0 Å². The lowest BCUT2D eigenvalue weighted by atomic mass is 10.3. The molecule has 0 saturated carbocycles. The molecule has 1 aliphatic heterocycles. The van der Waals surface area contributed by atoms with E-state index in [0.717, 1.165) is 11.4 Å². The van der Waals surface area contributed by atoms with Crippen molar-refractivity contribution in [2.75, 3.05) is 7.11 Å². The molecule has 1 aromatic heterocycles. The first-order chi connectivity index (χ1) is 6.31. The first-order valence-corrected chi connectivity index (χ1v) is 4.39. The number of ether oxygens (including phenoxy) is 1. The zero-order valence-electron chi connectivity index (χ0n) is 7.20. The van der Waals surface area contributed by atoms with Gasteiger partial charge in [0.25, 0.3) is 0 Å². The van der Waals surface area contributed by atoms with Crippen molar-refractivity contribution in [1.82, 2.24) is 15.1 Å². The quantitative estimate of drug-likeness (QED) is 0.577. The van der Waals surface area contributed by atoms with Crippen molar-refractivity contribution in [2.45, 2.75) is 12.1 Å². The minimum atomic E-state index is -0.205. The standard InChI is InChI=1S/C8H10ClN3O/c1-13-5-6-4-7-8(9)10-2-3-12(7)11-6/h2-4,8,10H,5H2,1H3. The molecule has 2 rings (SSSR count). The molecule has 1 aromatic rings. The van der Waals surface area contributed by atoms with Crippen LogP contribution in [0.4, 0.5) is 0 Å². The number of aromatic nitrogens is 2. The van der Waals surface area contributed by atoms with Gasteiger partial charge in [-0.3, -0.25) is 0 Å². The average Bonchev–Trinajstić information content (AvgIpc) is 2.49. The number of fused-ring (bicyclic) bond motifs is 1. The summed E-state index contributed by atoms with van der Waals surface area (Å²) in [5, 5.41) is 7.25. The highest BCUT2D eigenvalue weighted by molar-refractivity contribution is 6.20. The fourth-order valence-electron chi connectivity index (χ4n) is 1.27. The van der Waals surface area contributed by atoms with Crippen molar-refractivity contribution < 1.29 is 4.74 Å². The molecule has 0 amide bonds. The highest BCUT2D eigenvalue weighted by Gasteiger charge is 2.16. The molecule has 0 aromatic carbocycles. The maximum atomic E-state index is 6.00. The largest absolute Gasteiger partial charge is 0.378 e. The minimum absolute atomic E-state index is 0.205. The van der Waals surface area contributed by atoms with Crippen LogP contribution < -0.4 is 5.32 Å². The zero-order valence-corrected chi connectivity index (χ0v) is 7.95. The fraction of sp³-hybridized carbons (Fsp3) is 0.375. The summed E-state index contributed by atoms with van der Waals surface area (Å²) in [7, 11) is 1.64. The molecule has 0 radical (unpaired) electrons. The van der Waals surface area contributed by atoms with Gasteiger partial charge in [-0.1, -0.05) is 11.6 Å². The number of hydrogen-bond acceptors (Lipinski definition) is 3. The highest BCUT2D eigenvalue weighted by atomic mass is 35.5. The third-order valence-electron chi connectivity index (χ3n) is 1.83. The predicted molar refractivity (Wildman–Crippen MR) is 50.0 cm³/mol. The lowest BCUT2D eigenvalue weighted by Crippen LogP contribution is -2.17. The van der Waals surface area contributed by atoms with Crippen molar-refractivity contribution in [3.63, 3.8) is 0 Å². The predicted octanol–water partition coefficient (Wildman–Crippen LogP) is 1.30. The Bertz CT molecular complexity index is 334. The fourth-order valence-corrected chi connectivity index (χ4v) is 1.51. The molecule has 13 heavy (non-hydrogen) atoms. The molecular weight excluding hydrogens is 190 g/mol. The average molecular weight is 200 g/mol. The molecule has 1 atom stereocenters. The van der Waals surface area contributed by atoms with Crippen LogP contribution in [0.5, 0.6) is 0 Å². The summed E-state index contributed by atoms with van der Waals surface area (Å²) in [6.45, 7) is 0.511. The van der Waals surface area contributed by atoms with Crippen LogP contribution in [0.3, 0.4) is 0 Å². The van der Waals surface area contributed by atoms with Gasteiger partial charge in [-0.2, -0.15) is 5.10 Å². The molecule has 1 aliphatic rings. The van der Waals surface area contributed by atoms with E-state index < -0.39 is 0 Å². The second-order valence-corrected chi connectivity index (χ2v) is 3.22. The van der Waals surface area contributed by atoms with Gasteiger partial charge in [-0.15, -0.1) is 0 Å². The Labute approximate surface area is 81.1 Å². The molecule has 1 N–H and O–H groups in total. The van der Waals surface area contributed by atoms with Gasteiger partial charge in [-0.25, -0.2) is 4.68 Å². The molecule has 5 heteroatoms. The van der Waals surface area contributed by atoms with Crippen LogP contribution >= 0.6 is 11.6 Å². The number of nitrogens with one attached hydrogen (secondary N) is 1. The van der Waals surface area contributed by atoms with E-state index in [-0.39, 0.29) is 5.50 Å². The van der Waals surface area contributed by atoms with Crippen LogP contribution in [-0.2, 0) is 11.3 Å². The van der Waals surface area contributed by atoms with E-state index in [9.17, 15) is 0 Å². The molecule has 0 aliphatic carbocycles. The number of nitrogens with zero attached hydrogens (tertiary/aromatic N) is 2. The summed E-state index contributed by atoms with van der Waals surface area (Å²) in [4.78, 5) is 0. The first kappa shape index (κ1) is 8.59. The van der Waals surface area contributed by atoms with Gasteiger partial charge in [0, 0.05) is 19.5 Å². The molecule has 0 fully saturated rings. The van der Waals surface area contributed by atoms with Crippen LogP contribution in [0.2, 0.25) is 0 Å². The maximum absolute atomic E-state index is 6.00. The molecule has 0 saturated heterocycles. The number of hydrogen-bond donors (Lipinski definition) is 1. The number of rotatable bonds is 2. The minimum Gasteiger partial charge on any atom is -0.378 e. The summed E-state index contributed by atoms with van der Waals surface area (Å²) < 4.78 is 6.73. The van der Waals surface area contributed by atoms with Crippen LogP contribution in [-0.4, -0.2) is 16.9 Å². The Balaban J connectivity index is 2.32. The van der Waals surface area contributed by atoms with Gasteiger partial charge in [0.15, 0.2) is 0 Å². The van der Waals surface area contributed by atoms with Crippen LogP contribution in [0.25, 0.3) is 6.20 Å². The molecule has 0 spiro atoms. The molecule has 2 heterocycles. The van der Waals surface area contributed by atoms with E-state index in [2.05, 4.69) is 10.4 Å². The summed E-state index contributed by atoms with van der Waals surface area (Å²) >= 11 is 6.00. The Morgan fingerprint density at radius 3 is 3.31 bits per heavy atom. The summed E-state index contributed by atoms with van der Waals surface area (Å²) in [5.41, 5.74) is 1.62. The number of halogens is 1. The van der Waals surface area contributed by atoms with Gasteiger partial charge in [0.1, 0.15) is 5.50 Å². The lowest BCUT2D eigenvalue weighted by molar-refractivity contribution is 0.181. The second kappa shape index (κ2) is 3.40. The third kappa shape index (κ3) is 1.55. The highest BCUT2D eigenvalue weighted by Crippen LogP contribution is 2.21. The zero-order chi connectivity index (χ0) is 9.26. The summed E-state index contributed by atoms with van der Waals surface area (Å²) in [5.74, 6) is 0. The van der Waals surface area contributed by atoms with Crippen LogP contribution in [0, 0.1) is 0 Å². The van der Waals surface area contributed by atoms with E-state index in [4.69, 9.17) is 16.3 Å². The van der Waals surface area contributed by atoms with Crippen molar-refractivity contribution in [3.8, 4) is 0 Å². The Morgan fingerprint density at radius 2 is 2.62 bits per heavy atom. The maximum Gasteiger partial charge on any atom is 0.144 e. The van der Waals surface area contributed by atoms with E-state index in [1.165, 1.54) is 0 Å². The lowest BCUT2D eigenvalue weighted by Gasteiger charge is -2.14. The number of methoxy groups -OCH3 is 1. The Hall–Kier alpha value is -1.00. The van der Waals surface area contributed by atoms with Crippen molar-refractivity contribution >= 4 is 17.8 Å². The summed E-state index contributed by atoms with van der Waals surface area (Å²) in [6, 6.07) is 1.93. The van der Waals surface area contributed by atoms with Crippen molar-refractivity contribution in [2.24, 2.45) is 0 Å². The Morgan fingerprint density at radius 1 is 1.77 bits per heavy atom. The molecule has 1 unspecified atom stereocenters. The van der Waals surface area contributed by atoms with Crippen LogP contribution in [0.1, 0.15) is 16.9 Å². The van der Waals surface area contributed by atoms with E-state index in [1.807, 2.05) is 12.3 Å². The van der Waals surface area contributed by atoms with Crippen LogP contribution in [0.15, 0.2) is 12.3 Å². The van der Waals surface area contributed by atoms with E-state index in [0.29, 0.717) is 6.61 Å². The topological polar surface area (TPSA) is 39.1 Å². The van der Waals surface area contributed by atoms with Crippen molar-refractivity contribution in [1.29, 1.82) is 0 Å². The smallest absolute Gasteiger partial charge is 0.144 e. The van der Waals surface area contributed by atoms with Gasteiger partial charge >= 0.3 is 0 Å². The third-order valence-corrected chi connectivity index (χ3v) is 2.17. The Kier molecular flexibility index (Phi) is 2.24. The van der Waals surface area contributed by atoms with Crippen molar-refractivity contribution in [3.05, 3.63) is 23.7 Å². The van der Waals surface area contributed by atoms with Gasteiger partial charge < -0.3 is 10.1 Å². The van der Waals surface area contributed by atoms with E-state index in [1.54, 1.807) is 18.0 Å². The van der Waals surface area contributed by atoms with Gasteiger partial charge in [0.2, 0.25) is 0 Å². The normalized spacial score (nSPS) is 19.7. The first-order valence-electron chi connectivity index (χ1n) is 3.95. The van der Waals surface area contributed by atoms with Gasteiger partial charge in [0.05, 0.1) is 18.0 Å². The monoisotopic (exact) mass is 199 g/mol. The molecule has 4 nitrogen and oxygen atoms in total. The molecular formula is C8H10ClN3O. The number of alkyl halides is 1. The summed E-state index contributed by atoms with van der Waals surface area (Å²) in [6.07, 6.45) is 3.60. The molecule has 70 valence electrons. The SMILES string of the molecule is COCc1cc2n(n1)C=CNC2Cl. The van der Waals surface area contributed by atoms with Gasteiger partial charge in [-0.05, 0) is 6.07 Å².